The van der Waals surface area contributed by atoms with E-state index >= 15 is 0 Å². The van der Waals surface area contributed by atoms with Crippen LogP contribution in [0.2, 0.25) is 0 Å². The molecule has 0 spiro atoms. The fourth-order valence-corrected chi connectivity index (χ4v) is 3.56. The highest BCUT2D eigenvalue weighted by atomic mass is 14.9. The molecule has 0 aromatic heterocycles. The number of anilines is 2. The third-order valence-corrected chi connectivity index (χ3v) is 5.10. The van der Waals surface area contributed by atoms with E-state index in [-0.39, 0.29) is 0 Å². The SMILES string of the molecule is CCCCCCCCCc1ccccc1Nc1ccc2ccccc2c1. The lowest BCUT2D eigenvalue weighted by molar-refractivity contribution is 0.589. The Labute approximate surface area is 158 Å². The summed E-state index contributed by atoms with van der Waals surface area (Å²) in [6.07, 6.45) is 10.7. The van der Waals surface area contributed by atoms with Crippen LogP contribution in [0.1, 0.15) is 57.4 Å². The van der Waals surface area contributed by atoms with Crippen molar-refractivity contribution < 1.29 is 0 Å². The first kappa shape index (κ1) is 18.5. The zero-order valence-electron chi connectivity index (χ0n) is 16.0. The van der Waals surface area contributed by atoms with Crippen molar-refractivity contribution in [1.29, 1.82) is 0 Å². The maximum absolute atomic E-state index is 3.63. The first-order chi connectivity index (χ1) is 12.9. The van der Waals surface area contributed by atoms with Gasteiger partial charge in [-0.2, -0.15) is 0 Å². The molecule has 0 saturated heterocycles. The van der Waals surface area contributed by atoms with Crippen molar-refractivity contribution in [3.63, 3.8) is 0 Å². The monoisotopic (exact) mass is 345 g/mol. The van der Waals surface area contributed by atoms with Gasteiger partial charge in [0, 0.05) is 11.4 Å². The van der Waals surface area contributed by atoms with E-state index in [2.05, 4.69) is 79.0 Å². The average molecular weight is 346 g/mol. The molecular formula is C25H31N. The van der Waals surface area contributed by atoms with Gasteiger partial charge in [0.05, 0.1) is 0 Å². The van der Waals surface area contributed by atoms with Crippen molar-refractivity contribution >= 4 is 22.1 Å². The second-order valence-corrected chi connectivity index (χ2v) is 7.22. The van der Waals surface area contributed by atoms with Crippen molar-refractivity contribution in [3.05, 3.63) is 72.3 Å². The number of benzene rings is 3. The summed E-state index contributed by atoms with van der Waals surface area (Å²) in [5.41, 5.74) is 3.83. The van der Waals surface area contributed by atoms with Crippen LogP contribution in [0.15, 0.2) is 66.7 Å². The van der Waals surface area contributed by atoms with Crippen LogP contribution in [0.25, 0.3) is 10.8 Å². The van der Waals surface area contributed by atoms with E-state index in [0.717, 1.165) is 12.1 Å². The summed E-state index contributed by atoms with van der Waals surface area (Å²) in [6, 6.07) is 23.9. The molecule has 3 rings (SSSR count). The zero-order chi connectivity index (χ0) is 18.0. The van der Waals surface area contributed by atoms with Gasteiger partial charge in [0.2, 0.25) is 0 Å². The second kappa shape index (κ2) is 10.0. The number of unbranched alkanes of at least 4 members (excludes halogenated alkanes) is 6. The van der Waals surface area contributed by atoms with E-state index in [0.29, 0.717) is 0 Å². The van der Waals surface area contributed by atoms with Crippen LogP contribution in [-0.2, 0) is 6.42 Å². The van der Waals surface area contributed by atoms with Crippen LogP contribution in [0.5, 0.6) is 0 Å². The van der Waals surface area contributed by atoms with E-state index < -0.39 is 0 Å². The lowest BCUT2D eigenvalue weighted by Crippen LogP contribution is -1.96. The van der Waals surface area contributed by atoms with Crippen molar-refractivity contribution in [2.75, 3.05) is 5.32 Å². The van der Waals surface area contributed by atoms with Crippen LogP contribution < -0.4 is 5.32 Å². The van der Waals surface area contributed by atoms with Gasteiger partial charge in [-0.15, -0.1) is 0 Å². The summed E-state index contributed by atoms with van der Waals surface area (Å²) < 4.78 is 0. The van der Waals surface area contributed by atoms with Crippen LogP contribution in [0, 0.1) is 0 Å². The minimum atomic E-state index is 1.16. The summed E-state index contributed by atoms with van der Waals surface area (Å²) >= 11 is 0. The van der Waals surface area contributed by atoms with Crippen molar-refractivity contribution in [3.8, 4) is 0 Å². The maximum atomic E-state index is 3.63. The van der Waals surface area contributed by atoms with Gasteiger partial charge in [-0.25, -0.2) is 0 Å². The molecule has 0 unspecified atom stereocenters. The molecule has 1 heteroatoms. The van der Waals surface area contributed by atoms with E-state index in [1.54, 1.807) is 0 Å². The minimum Gasteiger partial charge on any atom is -0.355 e. The Morgan fingerprint density at radius 1 is 0.654 bits per heavy atom. The Hall–Kier alpha value is -2.28. The topological polar surface area (TPSA) is 12.0 Å². The molecule has 3 aromatic rings. The largest absolute Gasteiger partial charge is 0.355 e. The molecule has 0 amide bonds. The average Bonchev–Trinajstić information content (AvgIpc) is 2.68. The number of hydrogen-bond acceptors (Lipinski definition) is 1. The van der Waals surface area contributed by atoms with E-state index in [1.165, 1.54) is 67.0 Å². The maximum Gasteiger partial charge on any atom is 0.0416 e. The van der Waals surface area contributed by atoms with Crippen LogP contribution in [0.3, 0.4) is 0 Å². The molecule has 0 aliphatic rings. The fourth-order valence-electron chi connectivity index (χ4n) is 3.56. The molecule has 1 N–H and O–H groups in total. The Morgan fingerprint density at radius 3 is 2.19 bits per heavy atom. The van der Waals surface area contributed by atoms with Gasteiger partial charge >= 0.3 is 0 Å². The molecule has 26 heavy (non-hydrogen) atoms. The smallest absolute Gasteiger partial charge is 0.0416 e. The van der Waals surface area contributed by atoms with Gasteiger partial charge < -0.3 is 5.32 Å². The Morgan fingerprint density at radius 2 is 1.35 bits per heavy atom. The Kier molecular flexibility index (Phi) is 7.13. The standard InChI is InChI=1S/C25H31N/c1-2-3-4-5-6-7-8-14-22-15-11-12-17-25(22)26-24-19-18-21-13-9-10-16-23(21)20-24/h9-13,15-20,26H,2-8,14H2,1H3. The van der Waals surface area contributed by atoms with Crippen LogP contribution in [-0.4, -0.2) is 0 Å². The first-order valence-corrected chi connectivity index (χ1v) is 10.2. The third kappa shape index (κ3) is 5.36. The number of para-hydroxylation sites is 1. The lowest BCUT2D eigenvalue weighted by Gasteiger charge is -2.13. The van der Waals surface area contributed by atoms with E-state index in [9.17, 15) is 0 Å². The van der Waals surface area contributed by atoms with Crippen LogP contribution >= 0.6 is 0 Å². The summed E-state index contributed by atoms with van der Waals surface area (Å²) in [7, 11) is 0. The molecule has 0 saturated carbocycles. The minimum absolute atomic E-state index is 1.16. The van der Waals surface area contributed by atoms with Crippen molar-refractivity contribution in [2.24, 2.45) is 0 Å². The van der Waals surface area contributed by atoms with E-state index in [4.69, 9.17) is 0 Å². The molecule has 0 radical (unpaired) electrons. The number of fused-ring (bicyclic) bond motifs is 1. The number of rotatable bonds is 10. The molecule has 1 nitrogen and oxygen atoms in total. The summed E-state index contributed by atoms with van der Waals surface area (Å²) in [5, 5.41) is 6.20. The number of hydrogen-bond donors (Lipinski definition) is 1. The van der Waals surface area contributed by atoms with Crippen LogP contribution in [0.4, 0.5) is 11.4 Å². The molecule has 0 aliphatic carbocycles. The molecule has 0 atom stereocenters. The molecule has 0 fully saturated rings. The molecule has 0 aliphatic heterocycles. The zero-order valence-corrected chi connectivity index (χ0v) is 16.0. The second-order valence-electron chi connectivity index (χ2n) is 7.22. The quantitative estimate of drug-likeness (QED) is 0.368. The fraction of sp³-hybridized carbons (Fsp3) is 0.360. The highest BCUT2D eigenvalue weighted by molar-refractivity contribution is 5.86. The predicted molar refractivity (Wildman–Crippen MR) is 115 cm³/mol. The molecule has 3 aromatic carbocycles. The normalized spacial score (nSPS) is 11.0. The van der Waals surface area contributed by atoms with Gasteiger partial charge in [0.1, 0.15) is 0 Å². The Balaban J connectivity index is 1.57. The Bertz CT molecular complexity index is 806. The van der Waals surface area contributed by atoms with Crippen molar-refractivity contribution in [2.45, 2.75) is 58.3 Å². The first-order valence-electron chi connectivity index (χ1n) is 10.2. The van der Waals surface area contributed by atoms with Gasteiger partial charge in [0.15, 0.2) is 0 Å². The number of nitrogens with one attached hydrogen (secondary N) is 1. The summed E-state index contributed by atoms with van der Waals surface area (Å²) in [6.45, 7) is 2.28. The van der Waals surface area contributed by atoms with E-state index in [1.807, 2.05) is 0 Å². The number of aryl methyl sites for hydroxylation is 1. The van der Waals surface area contributed by atoms with Gasteiger partial charge in [-0.05, 0) is 47.4 Å². The third-order valence-electron chi connectivity index (χ3n) is 5.10. The highest BCUT2D eigenvalue weighted by Crippen LogP contribution is 2.25. The van der Waals surface area contributed by atoms with Gasteiger partial charge in [-0.3, -0.25) is 0 Å². The molecule has 0 heterocycles. The predicted octanol–water partition coefficient (Wildman–Crippen LogP) is 7.88. The van der Waals surface area contributed by atoms with Gasteiger partial charge in [-0.1, -0.05) is 94.0 Å². The highest BCUT2D eigenvalue weighted by Gasteiger charge is 2.03. The lowest BCUT2D eigenvalue weighted by atomic mass is 10.0. The molecular weight excluding hydrogens is 314 g/mol. The summed E-state index contributed by atoms with van der Waals surface area (Å²) in [4.78, 5) is 0. The summed E-state index contributed by atoms with van der Waals surface area (Å²) in [5.74, 6) is 0. The van der Waals surface area contributed by atoms with Gasteiger partial charge in [0.25, 0.3) is 0 Å². The molecule has 136 valence electrons. The molecule has 0 bridgehead atoms. The van der Waals surface area contributed by atoms with Crippen molar-refractivity contribution in [1.82, 2.24) is 0 Å².